The highest BCUT2D eigenvalue weighted by molar-refractivity contribution is 5.35. The molecule has 0 aliphatic carbocycles. The average molecular weight is 198 g/mol. The first-order chi connectivity index (χ1) is 6.36. The number of hydrogen-bond donors (Lipinski definition) is 0. The number of isocyanates is 1. The van der Waals surface area contributed by atoms with Crippen molar-refractivity contribution in [3.63, 3.8) is 0 Å². The largest absolute Gasteiger partial charge is 0.301 e. The second-order valence-corrected chi connectivity index (χ2v) is 4.88. The summed E-state index contributed by atoms with van der Waals surface area (Å²) < 4.78 is 0. The van der Waals surface area contributed by atoms with Gasteiger partial charge < -0.3 is 4.84 Å². The van der Waals surface area contributed by atoms with E-state index in [4.69, 9.17) is 4.84 Å². The molecule has 4 heteroatoms. The fourth-order valence-electron chi connectivity index (χ4n) is 2.47. The van der Waals surface area contributed by atoms with Crippen LogP contribution < -0.4 is 0 Å². The highest BCUT2D eigenvalue weighted by Gasteiger charge is 2.52. The van der Waals surface area contributed by atoms with Gasteiger partial charge in [0, 0.05) is 5.54 Å². The minimum absolute atomic E-state index is 0.0463. The summed E-state index contributed by atoms with van der Waals surface area (Å²) in [7, 11) is 1.65. The van der Waals surface area contributed by atoms with Crippen LogP contribution in [-0.4, -0.2) is 35.4 Å². The van der Waals surface area contributed by atoms with Gasteiger partial charge in [-0.25, -0.2) is 9.79 Å². The van der Waals surface area contributed by atoms with Crippen molar-refractivity contribution in [2.75, 3.05) is 7.11 Å². The van der Waals surface area contributed by atoms with E-state index < -0.39 is 0 Å². The maximum Gasteiger partial charge on any atom is 0.235 e. The van der Waals surface area contributed by atoms with Gasteiger partial charge in [-0.05, 0) is 34.1 Å². The van der Waals surface area contributed by atoms with Gasteiger partial charge in [0.25, 0.3) is 0 Å². The quantitative estimate of drug-likeness (QED) is 0.499. The van der Waals surface area contributed by atoms with Crippen molar-refractivity contribution in [2.45, 2.75) is 51.2 Å². The fourth-order valence-corrected chi connectivity index (χ4v) is 2.47. The number of rotatable bonds is 2. The molecular weight excluding hydrogens is 180 g/mol. The summed E-state index contributed by atoms with van der Waals surface area (Å²) in [5, 5.41) is 1.91. The Bertz CT molecular complexity index is 267. The first kappa shape index (κ1) is 11.4. The van der Waals surface area contributed by atoms with Crippen LogP contribution in [0, 0.1) is 0 Å². The Morgan fingerprint density at radius 2 is 2.00 bits per heavy atom. The van der Waals surface area contributed by atoms with Gasteiger partial charge in [0.2, 0.25) is 6.08 Å². The summed E-state index contributed by atoms with van der Waals surface area (Å²) in [6, 6.07) is -0.0463. The molecule has 1 aliphatic heterocycles. The van der Waals surface area contributed by atoms with Crippen molar-refractivity contribution in [1.82, 2.24) is 5.06 Å². The summed E-state index contributed by atoms with van der Waals surface area (Å²) in [5.41, 5.74) is -0.348. The molecule has 1 rings (SSSR count). The smallest absolute Gasteiger partial charge is 0.235 e. The van der Waals surface area contributed by atoms with Gasteiger partial charge in [-0.15, -0.1) is 0 Å². The molecule has 0 aromatic rings. The normalized spacial score (nSPS) is 29.9. The molecular formula is C10H18N2O2. The molecule has 1 aliphatic rings. The van der Waals surface area contributed by atoms with E-state index in [-0.39, 0.29) is 17.1 Å². The molecule has 1 heterocycles. The molecule has 0 aromatic heterocycles. The lowest BCUT2D eigenvalue weighted by Crippen LogP contribution is -2.49. The van der Waals surface area contributed by atoms with Crippen LogP contribution in [0.2, 0.25) is 0 Å². The SMILES string of the molecule is CON1C(C)(C)CC(N=C=O)C1(C)C. The molecule has 0 aromatic carbocycles. The zero-order chi connectivity index (χ0) is 11.0. The molecule has 4 nitrogen and oxygen atoms in total. The van der Waals surface area contributed by atoms with Crippen LogP contribution in [0.15, 0.2) is 4.99 Å². The Morgan fingerprint density at radius 3 is 2.36 bits per heavy atom. The average Bonchev–Trinajstić information content (AvgIpc) is 2.18. The molecule has 14 heavy (non-hydrogen) atoms. The maximum atomic E-state index is 10.3. The molecule has 0 amide bonds. The zero-order valence-electron chi connectivity index (χ0n) is 9.50. The third-order valence-electron chi connectivity index (χ3n) is 2.97. The van der Waals surface area contributed by atoms with Gasteiger partial charge >= 0.3 is 0 Å². The second-order valence-electron chi connectivity index (χ2n) is 4.88. The number of nitrogens with zero attached hydrogens (tertiary/aromatic N) is 2. The third kappa shape index (κ3) is 1.61. The van der Waals surface area contributed by atoms with Crippen LogP contribution in [-0.2, 0) is 9.63 Å². The van der Waals surface area contributed by atoms with E-state index in [2.05, 4.69) is 18.8 Å². The lowest BCUT2D eigenvalue weighted by atomic mass is 9.95. The monoisotopic (exact) mass is 198 g/mol. The lowest BCUT2D eigenvalue weighted by Gasteiger charge is -2.38. The number of hydrogen-bond acceptors (Lipinski definition) is 4. The van der Waals surface area contributed by atoms with E-state index in [0.717, 1.165) is 6.42 Å². The molecule has 0 radical (unpaired) electrons. The summed E-state index contributed by atoms with van der Waals surface area (Å²) in [6.07, 6.45) is 2.45. The van der Waals surface area contributed by atoms with Gasteiger partial charge in [0.15, 0.2) is 0 Å². The summed E-state index contributed by atoms with van der Waals surface area (Å²) >= 11 is 0. The van der Waals surface area contributed by atoms with Crippen molar-refractivity contribution >= 4 is 6.08 Å². The van der Waals surface area contributed by atoms with E-state index >= 15 is 0 Å². The van der Waals surface area contributed by atoms with E-state index in [9.17, 15) is 4.79 Å². The van der Waals surface area contributed by atoms with Crippen LogP contribution in [0.25, 0.3) is 0 Å². The number of hydroxylamine groups is 2. The fraction of sp³-hybridized carbons (Fsp3) is 0.900. The molecule has 0 saturated carbocycles. The topological polar surface area (TPSA) is 41.9 Å². The number of aliphatic imine (C=N–C) groups is 1. The van der Waals surface area contributed by atoms with Crippen molar-refractivity contribution in [1.29, 1.82) is 0 Å². The predicted octanol–water partition coefficient (Wildman–Crippen LogP) is 1.52. The molecule has 0 spiro atoms. The van der Waals surface area contributed by atoms with Crippen molar-refractivity contribution in [3.8, 4) is 0 Å². The summed E-state index contributed by atoms with van der Waals surface area (Å²) in [5.74, 6) is 0. The van der Waals surface area contributed by atoms with Crippen LogP contribution in [0.1, 0.15) is 34.1 Å². The Balaban J connectivity index is 3.03. The van der Waals surface area contributed by atoms with Gasteiger partial charge in [0.05, 0.1) is 18.7 Å². The predicted molar refractivity (Wildman–Crippen MR) is 53.5 cm³/mol. The Hall–Kier alpha value is -0.700. The van der Waals surface area contributed by atoms with Gasteiger partial charge in [-0.2, -0.15) is 5.06 Å². The Labute approximate surface area is 84.9 Å². The molecule has 80 valence electrons. The van der Waals surface area contributed by atoms with E-state index in [0.29, 0.717) is 0 Å². The zero-order valence-corrected chi connectivity index (χ0v) is 9.50. The summed E-state index contributed by atoms with van der Waals surface area (Å²) in [4.78, 5) is 19.5. The van der Waals surface area contributed by atoms with Crippen LogP contribution in [0.5, 0.6) is 0 Å². The van der Waals surface area contributed by atoms with Crippen molar-refractivity contribution in [3.05, 3.63) is 0 Å². The van der Waals surface area contributed by atoms with Crippen LogP contribution in [0.4, 0.5) is 0 Å². The first-order valence-electron chi connectivity index (χ1n) is 4.77. The molecule has 0 bridgehead atoms. The number of carbonyl (C=O) groups excluding carboxylic acids is 1. The second kappa shape index (κ2) is 3.46. The third-order valence-corrected chi connectivity index (χ3v) is 2.97. The van der Waals surface area contributed by atoms with Crippen molar-refractivity contribution in [2.24, 2.45) is 4.99 Å². The Morgan fingerprint density at radius 1 is 1.43 bits per heavy atom. The van der Waals surface area contributed by atoms with Gasteiger partial charge in [-0.1, -0.05) is 0 Å². The minimum Gasteiger partial charge on any atom is -0.301 e. The molecule has 1 atom stereocenters. The molecule has 1 saturated heterocycles. The lowest BCUT2D eigenvalue weighted by molar-refractivity contribution is -0.220. The van der Waals surface area contributed by atoms with E-state index in [1.807, 2.05) is 18.9 Å². The minimum atomic E-state index is -0.254. The molecule has 1 unspecified atom stereocenters. The van der Waals surface area contributed by atoms with E-state index in [1.165, 1.54) is 0 Å². The van der Waals surface area contributed by atoms with Crippen LogP contribution >= 0.6 is 0 Å². The van der Waals surface area contributed by atoms with Gasteiger partial charge in [0.1, 0.15) is 0 Å². The highest BCUT2D eigenvalue weighted by Crippen LogP contribution is 2.42. The standard InChI is InChI=1S/C10H18N2O2/c1-9(2)6-8(11-7-13)10(3,4)12(9)14-5/h8H,6H2,1-5H3. The summed E-state index contributed by atoms with van der Waals surface area (Å²) in [6.45, 7) is 8.21. The Kier molecular flexibility index (Phi) is 2.81. The van der Waals surface area contributed by atoms with Crippen molar-refractivity contribution < 1.29 is 9.63 Å². The molecule has 0 N–H and O–H groups in total. The highest BCUT2D eigenvalue weighted by atomic mass is 16.7. The molecule has 1 fully saturated rings. The first-order valence-corrected chi connectivity index (χ1v) is 4.77. The van der Waals surface area contributed by atoms with E-state index in [1.54, 1.807) is 13.2 Å². The maximum absolute atomic E-state index is 10.3. The van der Waals surface area contributed by atoms with Gasteiger partial charge in [-0.3, -0.25) is 0 Å². The van der Waals surface area contributed by atoms with Crippen LogP contribution in [0.3, 0.4) is 0 Å².